The molecule has 3 radical (unpaired) electrons. The monoisotopic (exact) mass is 415 g/mol. The molecule has 26 heavy (non-hydrogen) atoms. The van der Waals surface area contributed by atoms with Crippen LogP contribution in [0.15, 0.2) is 0 Å². The van der Waals surface area contributed by atoms with Crippen LogP contribution in [-0.4, -0.2) is 198 Å². The second-order valence-electron chi connectivity index (χ2n) is 4.00. The zero-order valence-corrected chi connectivity index (χ0v) is 21.1. The van der Waals surface area contributed by atoms with Crippen molar-refractivity contribution >= 4 is 113 Å². The number of carboxylic acid groups (broad SMARTS) is 4. The van der Waals surface area contributed by atoms with E-state index in [1.165, 1.54) is 0 Å². The Morgan fingerprint density at radius 2 is 0.654 bits per heavy atom. The van der Waals surface area contributed by atoms with Crippen LogP contribution >= 0.6 is 0 Å². The average molecular weight is 415 g/mol. The fourth-order valence-corrected chi connectivity index (χ4v) is 1.48. The molecule has 10 N–H and O–H groups in total. The quantitative estimate of drug-likeness (QED) is 0.233. The zero-order chi connectivity index (χ0) is 15.7. The molecule has 141 valence electrons. The van der Waals surface area contributed by atoms with Crippen molar-refractivity contribution in [2.75, 3.05) is 39.3 Å². The molecule has 0 amide bonds. The molecule has 0 aromatic rings. The summed E-state index contributed by atoms with van der Waals surface area (Å²) in [6.07, 6.45) is 0. The van der Waals surface area contributed by atoms with Crippen LogP contribution in [0.4, 0.5) is 0 Å². The van der Waals surface area contributed by atoms with E-state index in [0.29, 0.717) is 0 Å². The molecule has 0 aliphatic heterocycles. The fourth-order valence-electron chi connectivity index (χ4n) is 1.48. The molecule has 0 bridgehead atoms. The summed E-state index contributed by atoms with van der Waals surface area (Å²) in [5.41, 5.74) is 0. The van der Waals surface area contributed by atoms with E-state index < -0.39 is 50.1 Å². The third kappa shape index (κ3) is 29.4. The maximum atomic E-state index is 10.6. The predicted molar refractivity (Wildman–Crippen MR) is 91.5 cm³/mol. The Hall–Kier alpha value is 0.680. The van der Waals surface area contributed by atoms with E-state index in [9.17, 15) is 19.2 Å². The largest absolute Gasteiger partial charge is 0.480 e. The maximum absolute atomic E-state index is 10.6. The van der Waals surface area contributed by atoms with E-state index in [0.717, 1.165) is 9.80 Å². The summed E-state index contributed by atoms with van der Waals surface area (Å²) < 4.78 is 0. The van der Waals surface area contributed by atoms with Crippen LogP contribution in [0.5, 0.6) is 0 Å². The van der Waals surface area contributed by atoms with E-state index in [-0.39, 0.29) is 118 Å². The van der Waals surface area contributed by atoms with Crippen LogP contribution in [0.1, 0.15) is 0 Å². The van der Waals surface area contributed by atoms with Gasteiger partial charge in [-0.05, 0) is 0 Å². The van der Waals surface area contributed by atoms with Gasteiger partial charge >= 0.3 is 23.9 Å². The number of hydrogen-bond acceptors (Lipinski definition) is 6. The molecule has 0 atom stereocenters. The molecule has 0 unspecified atom stereocenters. The normalized spacial score (nSPS) is 8.23. The molecule has 0 saturated carbocycles. The van der Waals surface area contributed by atoms with Crippen LogP contribution in [0, 0.1) is 0 Å². The van der Waals surface area contributed by atoms with Crippen molar-refractivity contribution in [2.24, 2.45) is 0 Å². The second-order valence-corrected chi connectivity index (χ2v) is 4.00. The van der Waals surface area contributed by atoms with Gasteiger partial charge in [-0.3, -0.25) is 29.0 Å². The molecule has 16 heteroatoms. The topological polar surface area (TPSA) is 250 Å². The van der Waals surface area contributed by atoms with Crippen molar-refractivity contribution < 1.29 is 56.0 Å². The Balaban J connectivity index is -0.000000120. The van der Waals surface area contributed by atoms with Gasteiger partial charge in [0, 0.05) is 102 Å². The Morgan fingerprint density at radius 3 is 0.769 bits per heavy atom. The predicted octanol–water partition coefficient (Wildman–Crippen LogP) is -5.69. The minimum atomic E-state index is -1.23. The summed E-state index contributed by atoms with van der Waals surface area (Å²) in [7, 11) is 0. The Morgan fingerprint density at radius 1 is 0.500 bits per heavy atom. The van der Waals surface area contributed by atoms with Crippen LogP contribution in [0.2, 0.25) is 0 Å². The van der Waals surface area contributed by atoms with Gasteiger partial charge in [0.1, 0.15) is 0 Å². The summed E-state index contributed by atoms with van der Waals surface area (Å²) in [4.78, 5) is 44.4. The summed E-state index contributed by atoms with van der Waals surface area (Å²) in [6, 6.07) is 0. The van der Waals surface area contributed by atoms with Crippen LogP contribution in [0.25, 0.3) is 0 Å². The maximum Gasteiger partial charge on any atom is 0.317 e. The average Bonchev–Trinajstić information content (AvgIpc) is 2.22. The number of hydrogen-bond donors (Lipinski definition) is 4. The molecule has 0 saturated heterocycles. The van der Waals surface area contributed by atoms with E-state index in [1.54, 1.807) is 0 Å². The van der Waals surface area contributed by atoms with Crippen molar-refractivity contribution in [3.05, 3.63) is 0 Å². The molecule has 0 spiro atoms. The Labute approximate surface area is 215 Å². The standard InChI is InChI=1S/C10H16N2O8.3Na.3H2O/c13-7(14)3-11(4-8(15)16)1-2-12(5-9(17)18)6-10(19)20;;;;;;/h1-6H2,(H,13,14)(H,15,16)(H,17,18)(H,19,20);;;;3*1H2. The summed E-state index contributed by atoms with van der Waals surface area (Å²) in [5.74, 6) is -4.91. The Bertz CT molecular complexity index is 332. The van der Waals surface area contributed by atoms with Gasteiger partial charge in [-0.1, -0.05) is 0 Å². The summed E-state index contributed by atoms with van der Waals surface area (Å²) in [5, 5.41) is 34.5. The van der Waals surface area contributed by atoms with Gasteiger partial charge in [0.2, 0.25) is 0 Å². The van der Waals surface area contributed by atoms with E-state index in [1.807, 2.05) is 0 Å². The van der Waals surface area contributed by atoms with Crippen molar-refractivity contribution in [3.8, 4) is 0 Å². The first-order chi connectivity index (χ1) is 9.20. The van der Waals surface area contributed by atoms with Gasteiger partial charge in [0.05, 0.1) is 26.2 Å². The molecule has 0 heterocycles. The number of nitrogens with zero attached hydrogens (tertiary/aromatic N) is 2. The minimum absolute atomic E-state index is 0. The van der Waals surface area contributed by atoms with Gasteiger partial charge in [-0.2, -0.15) is 0 Å². The van der Waals surface area contributed by atoms with Crippen LogP contribution in [0.3, 0.4) is 0 Å². The smallest absolute Gasteiger partial charge is 0.317 e. The molecular weight excluding hydrogens is 393 g/mol. The van der Waals surface area contributed by atoms with Crippen molar-refractivity contribution in [3.63, 3.8) is 0 Å². The fraction of sp³-hybridized carbons (Fsp3) is 0.600. The molecular formula is C10H22N2Na3O11. The van der Waals surface area contributed by atoms with Crippen LogP contribution < -0.4 is 0 Å². The molecule has 0 aliphatic carbocycles. The third-order valence-electron chi connectivity index (χ3n) is 2.17. The number of carboxylic acids is 4. The van der Waals surface area contributed by atoms with E-state index in [2.05, 4.69) is 0 Å². The van der Waals surface area contributed by atoms with Gasteiger partial charge < -0.3 is 36.9 Å². The van der Waals surface area contributed by atoms with Gasteiger partial charge in [-0.15, -0.1) is 0 Å². The minimum Gasteiger partial charge on any atom is -0.480 e. The molecule has 0 fully saturated rings. The number of aliphatic carboxylic acids is 4. The zero-order valence-electron chi connectivity index (χ0n) is 15.1. The summed E-state index contributed by atoms with van der Waals surface area (Å²) >= 11 is 0. The molecule has 0 aromatic heterocycles. The third-order valence-corrected chi connectivity index (χ3v) is 2.17. The van der Waals surface area contributed by atoms with Gasteiger partial charge in [0.25, 0.3) is 0 Å². The molecule has 13 nitrogen and oxygen atoms in total. The first kappa shape index (κ1) is 45.4. The van der Waals surface area contributed by atoms with Crippen molar-refractivity contribution in [1.29, 1.82) is 0 Å². The van der Waals surface area contributed by atoms with E-state index in [4.69, 9.17) is 20.4 Å². The number of rotatable bonds is 11. The first-order valence-electron chi connectivity index (χ1n) is 5.52. The summed E-state index contributed by atoms with van der Waals surface area (Å²) in [6.45, 7) is -2.25. The molecule has 0 aromatic carbocycles. The SMILES string of the molecule is O.O.O.O=C(O)CN(CCN(CC(=O)O)CC(=O)O)CC(=O)O.[Na].[Na].[Na]. The number of carbonyl (C=O) groups is 4. The Kier molecular flexibility index (Phi) is 44.9. The van der Waals surface area contributed by atoms with E-state index >= 15 is 0 Å². The van der Waals surface area contributed by atoms with Crippen molar-refractivity contribution in [1.82, 2.24) is 9.80 Å². The van der Waals surface area contributed by atoms with Crippen LogP contribution in [-0.2, 0) is 19.2 Å². The van der Waals surface area contributed by atoms with Gasteiger partial charge in [0.15, 0.2) is 0 Å². The second kappa shape index (κ2) is 25.7. The molecule has 0 rings (SSSR count). The van der Waals surface area contributed by atoms with Crippen molar-refractivity contribution in [2.45, 2.75) is 0 Å². The first-order valence-corrected chi connectivity index (χ1v) is 5.52. The van der Waals surface area contributed by atoms with Gasteiger partial charge in [-0.25, -0.2) is 0 Å². The molecule has 0 aliphatic rings.